The fourth-order valence-electron chi connectivity index (χ4n) is 3.32. The molecule has 3 aromatic rings. The fraction of sp³-hybridized carbons (Fsp3) is 0.300. The number of imide groups is 1. The van der Waals surface area contributed by atoms with E-state index in [1.807, 2.05) is 0 Å². The van der Waals surface area contributed by atoms with Crippen molar-refractivity contribution in [1.29, 1.82) is 0 Å². The number of halogens is 3. The van der Waals surface area contributed by atoms with Gasteiger partial charge in [0.1, 0.15) is 9.71 Å². The van der Waals surface area contributed by atoms with E-state index in [0.717, 1.165) is 28.4 Å². The minimum atomic E-state index is -4.50. The zero-order chi connectivity index (χ0) is 22.3. The standard InChI is InChI=1S/C20H16F3N3O4S/c1-11-14-9-15(19(29)30-10-17(28)25-7-3-6-16(25)27)31-18(14)26(24-11)13-5-2-4-12(8-13)20(21,22)23/h2,4-5,8-9H,3,6-7,10H2,1H3. The largest absolute Gasteiger partial charge is 0.451 e. The molecular formula is C20H16F3N3O4S. The number of aryl methyl sites for hydroxylation is 1. The summed E-state index contributed by atoms with van der Waals surface area (Å²) in [5.74, 6) is -1.63. The first kappa shape index (κ1) is 21.0. The second-order valence-corrected chi connectivity index (χ2v) is 8.02. The number of hydrogen-bond acceptors (Lipinski definition) is 6. The predicted molar refractivity (Wildman–Crippen MR) is 105 cm³/mol. The Labute approximate surface area is 178 Å². The van der Waals surface area contributed by atoms with Crippen LogP contribution >= 0.6 is 11.3 Å². The highest BCUT2D eigenvalue weighted by Crippen LogP contribution is 2.34. The van der Waals surface area contributed by atoms with Gasteiger partial charge in [0.2, 0.25) is 5.91 Å². The molecule has 1 aromatic carbocycles. The van der Waals surface area contributed by atoms with Gasteiger partial charge in [-0.25, -0.2) is 9.48 Å². The van der Waals surface area contributed by atoms with Crippen LogP contribution in [0.15, 0.2) is 30.3 Å². The number of thiophene rings is 1. The van der Waals surface area contributed by atoms with Crippen molar-refractivity contribution < 1.29 is 32.3 Å². The maximum atomic E-state index is 13.1. The number of aromatic nitrogens is 2. The molecule has 0 bridgehead atoms. The number of nitrogens with zero attached hydrogens (tertiary/aromatic N) is 3. The Morgan fingerprint density at radius 2 is 2.03 bits per heavy atom. The van der Waals surface area contributed by atoms with Gasteiger partial charge >= 0.3 is 12.1 Å². The summed E-state index contributed by atoms with van der Waals surface area (Å²) in [7, 11) is 0. The number of hydrogen-bond donors (Lipinski definition) is 0. The summed E-state index contributed by atoms with van der Waals surface area (Å²) < 4.78 is 45.6. The second kappa shape index (κ2) is 7.80. The van der Waals surface area contributed by atoms with E-state index < -0.39 is 30.2 Å². The molecule has 1 aliphatic heterocycles. The summed E-state index contributed by atoms with van der Waals surface area (Å²) in [6.07, 6.45) is -3.62. The zero-order valence-electron chi connectivity index (χ0n) is 16.2. The first-order valence-corrected chi connectivity index (χ1v) is 10.1. The Balaban J connectivity index is 1.57. The van der Waals surface area contributed by atoms with Crippen LogP contribution in [0.3, 0.4) is 0 Å². The fourth-order valence-corrected chi connectivity index (χ4v) is 4.40. The number of amides is 2. The van der Waals surface area contributed by atoms with Crippen molar-refractivity contribution in [3.8, 4) is 5.69 Å². The molecule has 2 amide bonds. The van der Waals surface area contributed by atoms with Gasteiger partial charge in [-0.15, -0.1) is 11.3 Å². The van der Waals surface area contributed by atoms with Crippen molar-refractivity contribution >= 4 is 39.3 Å². The van der Waals surface area contributed by atoms with E-state index in [0.29, 0.717) is 35.3 Å². The van der Waals surface area contributed by atoms with Crippen LogP contribution in [-0.2, 0) is 20.5 Å². The Morgan fingerprint density at radius 3 is 2.71 bits per heavy atom. The highest BCUT2D eigenvalue weighted by molar-refractivity contribution is 7.20. The van der Waals surface area contributed by atoms with Gasteiger partial charge in [0.15, 0.2) is 6.61 Å². The van der Waals surface area contributed by atoms with Crippen molar-refractivity contribution in [2.45, 2.75) is 25.9 Å². The molecule has 0 saturated carbocycles. The van der Waals surface area contributed by atoms with E-state index in [4.69, 9.17) is 4.74 Å². The second-order valence-electron chi connectivity index (χ2n) is 6.99. The minimum absolute atomic E-state index is 0.178. The lowest BCUT2D eigenvalue weighted by Gasteiger charge is -2.12. The Bertz CT molecular complexity index is 1200. The number of benzene rings is 1. The molecule has 1 saturated heterocycles. The Kier molecular flexibility index (Phi) is 5.29. The number of carbonyl (C=O) groups excluding carboxylic acids is 3. The third-order valence-electron chi connectivity index (χ3n) is 4.87. The molecule has 2 aromatic heterocycles. The highest BCUT2D eigenvalue weighted by Gasteiger charge is 2.31. The third kappa shape index (κ3) is 4.05. The summed E-state index contributed by atoms with van der Waals surface area (Å²) in [4.78, 5) is 37.8. The first-order chi connectivity index (χ1) is 14.6. The van der Waals surface area contributed by atoms with E-state index in [9.17, 15) is 27.6 Å². The molecule has 0 unspecified atom stereocenters. The van der Waals surface area contributed by atoms with E-state index in [1.165, 1.54) is 22.9 Å². The van der Waals surface area contributed by atoms with Gasteiger partial charge < -0.3 is 4.74 Å². The van der Waals surface area contributed by atoms with Gasteiger partial charge in [0.25, 0.3) is 5.91 Å². The molecule has 1 aliphatic rings. The molecule has 1 fully saturated rings. The lowest BCUT2D eigenvalue weighted by atomic mass is 10.2. The summed E-state index contributed by atoms with van der Waals surface area (Å²) in [6.45, 7) is 1.43. The molecule has 0 radical (unpaired) electrons. The molecule has 0 aliphatic carbocycles. The molecule has 7 nitrogen and oxygen atoms in total. The molecule has 31 heavy (non-hydrogen) atoms. The first-order valence-electron chi connectivity index (χ1n) is 9.32. The lowest BCUT2D eigenvalue weighted by molar-refractivity contribution is -0.144. The van der Waals surface area contributed by atoms with Crippen LogP contribution in [0, 0.1) is 6.92 Å². The van der Waals surface area contributed by atoms with Crippen LogP contribution in [-0.4, -0.2) is 45.6 Å². The molecule has 3 heterocycles. The molecule has 11 heteroatoms. The van der Waals surface area contributed by atoms with Gasteiger partial charge in [-0.3, -0.25) is 14.5 Å². The molecule has 0 atom stereocenters. The topological polar surface area (TPSA) is 81.5 Å². The van der Waals surface area contributed by atoms with Crippen molar-refractivity contribution in [3.63, 3.8) is 0 Å². The van der Waals surface area contributed by atoms with Gasteiger partial charge in [0, 0.05) is 18.4 Å². The average Bonchev–Trinajstić information content (AvgIpc) is 3.42. The highest BCUT2D eigenvalue weighted by atomic mass is 32.1. The van der Waals surface area contributed by atoms with Crippen LogP contribution < -0.4 is 0 Å². The van der Waals surface area contributed by atoms with Gasteiger partial charge in [0.05, 0.1) is 16.9 Å². The van der Waals surface area contributed by atoms with E-state index in [-0.39, 0.29) is 16.5 Å². The van der Waals surface area contributed by atoms with Gasteiger partial charge in [-0.2, -0.15) is 18.3 Å². The number of esters is 1. The maximum Gasteiger partial charge on any atom is 0.416 e. The number of rotatable bonds is 4. The number of fused-ring (bicyclic) bond motifs is 1. The Hall–Kier alpha value is -3.21. The molecule has 0 N–H and O–H groups in total. The molecular weight excluding hydrogens is 435 g/mol. The lowest BCUT2D eigenvalue weighted by Crippen LogP contribution is -2.35. The van der Waals surface area contributed by atoms with E-state index in [1.54, 1.807) is 6.92 Å². The Morgan fingerprint density at radius 1 is 1.26 bits per heavy atom. The van der Waals surface area contributed by atoms with E-state index >= 15 is 0 Å². The van der Waals surface area contributed by atoms with Crippen LogP contribution in [0.25, 0.3) is 15.9 Å². The number of likely N-dealkylation sites (tertiary alicyclic amines) is 1. The quantitative estimate of drug-likeness (QED) is 0.565. The summed E-state index contributed by atoms with van der Waals surface area (Å²) >= 11 is 0.998. The third-order valence-corrected chi connectivity index (χ3v) is 5.96. The SMILES string of the molecule is Cc1nn(-c2cccc(C(F)(F)F)c2)c2sc(C(=O)OCC(=O)N3CCCC3=O)cc12. The van der Waals surface area contributed by atoms with Gasteiger partial charge in [-0.05, 0) is 37.6 Å². The van der Waals surface area contributed by atoms with Crippen molar-refractivity contribution in [3.05, 3.63) is 46.5 Å². The summed E-state index contributed by atoms with van der Waals surface area (Å²) in [5.41, 5.74) is -0.0728. The number of ether oxygens (including phenoxy) is 1. The van der Waals surface area contributed by atoms with E-state index in [2.05, 4.69) is 5.10 Å². The smallest absolute Gasteiger partial charge is 0.416 e. The normalized spacial score (nSPS) is 14.5. The number of carbonyl (C=O) groups is 3. The monoisotopic (exact) mass is 451 g/mol. The van der Waals surface area contributed by atoms with Crippen LogP contribution in [0.5, 0.6) is 0 Å². The van der Waals surface area contributed by atoms with Crippen LogP contribution in [0.2, 0.25) is 0 Å². The van der Waals surface area contributed by atoms with Crippen LogP contribution in [0.1, 0.15) is 33.8 Å². The molecule has 162 valence electrons. The minimum Gasteiger partial charge on any atom is -0.451 e. The summed E-state index contributed by atoms with van der Waals surface area (Å²) in [5, 5.41) is 4.88. The van der Waals surface area contributed by atoms with Crippen LogP contribution in [0.4, 0.5) is 13.2 Å². The van der Waals surface area contributed by atoms with Crippen molar-refractivity contribution in [1.82, 2.24) is 14.7 Å². The predicted octanol–water partition coefficient (Wildman–Crippen LogP) is 3.72. The van der Waals surface area contributed by atoms with Gasteiger partial charge in [-0.1, -0.05) is 6.07 Å². The number of alkyl halides is 3. The zero-order valence-corrected chi connectivity index (χ0v) is 17.0. The molecule has 4 rings (SSSR count). The van der Waals surface area contributed by atoms with Crippen molar-refractivity contribution in [2.75, 3.05) is 13.2 Å². The maximum absolute atomic E-state index is 13.1. The molecule has 0 spiro atoms. The summed E-state index contributed by atoms with van der Waals surface area (Å²) in [6, 6.07) is 6.26. The van der Waals surface area contributed by atoms with Crippen molar-refractivity contribution in [2.24, 2.45) is 0 Å². The average molecular weight is 451 g/mol.